The number of thiophene rings is 1. The molecule has 0 amide bonds. The van der Waals surface area contributed by atoms with Gasteiger partial charge in [0.1, 0.15) is 15.3 Å². The SMILES string of the molecule is Cc1ccc(C)c(CSc2nc3c(sc4ncccc43)c(=O)n2Cc2ccc(F)cc2)c1. The summed E-state index contributed by atoms with van der Waals surface area (Å²) < 4.78 is 15.7. The molecule has 3 heterocycles. The minimum Gasteiger partial charge on any atom is -0.282 e. The van der Waals surface area contributed by atoms with E-state index in [0.29, 0.717) is 27.7 Å². The van der Waals surface area contributed by atoms with Crippen molar-refractivity contribution in [3.63, 3.8) is 0 Å². The number of fused-ring (bicyclic) bond motifs is 3. The average molecular weight is 462 g/mol. The van der Waals surface area contributed by atoms with E-state index < -0.39 is 0 Å². The smallest absolute Gasteiger partial charge is 0.272 e. The molecule has 0 spiro atoms. The highest BCUT2D eigenvalue weighted by Crippen LogP contribution is 2.32. The Morgan fingerprint density at radius 1 is 1.09 bits per heavy atom. The number of aromatic nitrogens is 3. The van der Waals surface area contributed by atoms with Crippen LogP contribution in [-0.2, 0) is 12.3 Å². The number of hydrogen-bond donors (Lipinski definition) is 0. The first-order valence-corrected chi connectivity index (χ1v) is 12.0. The van der Waals surface area contributed by atoms with Crippen molar-refractivity contribution < 1.29 is 4.39 Å². The number of hydrogen-bond acceptors (Lipinski definition) is 5. The van der Waals surface area contributed by atoms with Crippen LogP contribution in [0.4, 0.5) is 4.39 Å². The maximum atomic E-state index is 13.5. The first kappa shape index (κ1) is 20.8. The second-order valence-electron chi connectivity index (χ2n) is 7.77. The predicted octanol–water partition coefficient (Wildman–Crippen LogP) is 6.10. The Morgan fingerprint density at radius 2 is 1.91 bits per heavy atom. The van der Waals surface area contributed by atoms with Gasteiger partial charge in [-0.25, -0.2) is 14.4 Å². The highest BCUT2D eigenvalue weighted by atomic mass is 32.2. The summed E-state index contributed by atoms with van der Waals surface area (Å²) in [6.07, 6.45) is 1.73. The van der Waals surface area contributed by atoms with Gasteiger partial charge in [0.25, 0.3) is 5.56 Å². The van der Waals surface area contributed by atoms with Gasteiger partial charge in [-0.2, -0.15) is 0 Å². The molecule has 0 saturated carbocycles. The number of nitrogens with zero attached hydrogens (tertiary/aromatic N) is 3. The van der Waals surface area contributed by atoms with Gasteiger partial charge in [0, 0.05) is 17.3 Å². The quantitative estimate of drug-likeness (QED) is 0.234. The number of pyridine rings is 1. The second kappa shape index (κ2) is 8.48. The fourth-order valence-electron chi connectivity index (χ4n) is 3.66. The van der Waals surface area contributed by atoms with Gasteiger partial charge in [0.15, 0.2) is 5.16 Å². The Hall–Kier alpha value is -3.03. The third-order valence-corrected chi connectivity index (χ3v) is 7.55. The summed E-state index contributed by atoms with van der Waals surface area (Å²) in [5.41, 5.74) is 5.08. The highest BCUT2D eigenvalue weighted by Gasteiger charge is 2.17. The van der Waals surface area contributed by atoms with Gasteiger partial charge in [0.05, 0.1) is 12.1 Å². The van der Waals surface area contributed by atoms with Crippen LogP contribution in [0.15, 0.2) is 70.7 Å². The number of halogens is 1. The number of rotatable bonds is 5. The van der Waals surface area contributed by atoms with Crippen molar-refractivity contribution >= 4 is 43.5 Å². The predicted molar refractivity (Wildman–Crippen MR) is 130 cm³/mol. The lowest BCUT2D eigenvalue weighted by Gasteiger charge is -2.13. The molecule has 2 aromatic carbocycles. The van der Waals surface area contributed by atoms with Crippen LogP contribution in [0.1, 0.15) is 22.3 Å². The van der Waals surface area contributed by atoms with Crippen molar-refractivity contribution in [1.29, 1.82) is 0 Å². The van der Waals surface area contributed by atoms with Gasteiger partial charge >= 0.3 is 0 Å². The molecule has 0 bridgehead atoms. The molecule has 0 N–H and O–H groups in total. The largest absolute Gasteiger partial charge is 0.282 e. The summed E-state index contributed by atoms with van der Waals surface area (Å²) in [5, 5.41) is 1.54. The van der Waals surface area contributed by atoms with E-state index in [1.54, 1.807) is 34.7 Å². The lowest BCUT2D eigenvalue weighted by molar-refractivity contribution is 0.623. The van der Waals surface area contributed by atoms with Crippen LogP contribution in [-0.4, -0.2) is 14.5 Å². The first-order chi connectivity index (χ1) is 15.5. The molecule has 3 aromatic heterocycles. The van der Waals surface area contributed by atoms with Gasteiger partial charge < -0.3 is 0 Å². The van der Waals surface area contributed by atoms with E-state index in [-0.39, 0.29) is 11.4 Å². The van der Waals surface area contributed by atoms with E-state index in [9.17, 15) is 9.18 Å². The topological polar surface area (TPSA) is 47.8 Å². The van der Waals surface area contributed by atoms with E-state index in [0.717, 1.165) is 15.8 Å². The van der Waals surface area contributed by atoms with E-state index >= 15 is 0 Å². The van der Waals surface area contributed by atoms with Crippen molar-refractivity contribution in [2.24, 2.45) is 0 Å². The number of thioether (sulfide) groups is 1. The molecule has 0 atom stereocenters. The van der Waals surface area contributed by atoms with Crippen LogP contribution in [0.3, 0.4) is 0 Å². The van der Waals surface area contributed by atoms with Gasteiger partial charge in [-0.05, 0) is 54.8 Å². The standard InChI is InChI=1S/C25H20FN3OS2/c1-15-5-6-16(2)18(12-15)14-31-25-28-21-20-4-3-11-27-23(20)32-22(21)24(30)29(25)13-17-7-9-19(26)10-8-17/h3-12H,13-14H2,1-2H3. The van der Waals surface area contributed by atoms with Gasteiger partial charge in [-0.1, -0.05) is 47.7 Å². The fourth-order valence-corrected chi connectivity index (χ4v) is 5.75. The number of aryl methyl sites for hydroxylation is 2. The van der Waals surface area contributed by atoms with Crippen LogP contribution in [0.2, 0.25) is 0 Å². The molecule has 4 nitrogen and oxygen atoms in total. The van der Waals surface area contributed by atoms with Crippen molar-refractivity contribution in [1.82, 2.24) is 14.5 Å². The third kappa shape index (κ3) is 3.94. The van der Waals surface area contributed by atoms with E-state index in [1.807, 2.05) is 12.1 Å². The zero-order valence-corrected chi connectivity index (χ0v) is 19.3. The summed E-state index contributed by atoms with van der Waals surface area (Å²) in [4.78, 5) is 23.7. The lowest BCUT2D eigenvalue weighted by atomic mass is 10.1. The minimum atomic E-state index is -0.297. The molecule has 5 aromatic rings. The molecule has 5 rings (SSSR count). The van der Waals surface area contributed by atoms with E-state index in [2.05, 4.69) is 37.0 Å². The Kier molecular flexibility index (Phi) is 5.53. The van der Waals surface area contributed by atoms with Crippen molar-refractivity contribution in [3.8, 4) is 0 Å². The molecule has 0 aliphatic heterocycles. The van der Waals surface area contributed by atoms with Gasteiger partial charge in [-0.15, -0.1) is 11.3 Å². The summed E-state index contributed by atoms with van der Waals surface area (Å²) in [6.45, 7) is 4.50. The van der Waals surface area contributed by atoms with Crippen LogP contribution in [0, 0.1) is 19.7 Å². The molecular weight excluding hydrogens is 441 g/mol. The monoisotopic (exact) mass is 461 g/mol. The Labute approximate surface area is 192 Å². The molecule has 0 unspecified atom stereocenters. The average Bonchev–Trinajstić information content (AvgIpc) is 3.17. The molecular formula is C25H20FN3OS2. The maximum Gasteiger partial charge on any atom is 0.272 e. The van der Waals surface area contributed by atoms with Crippen LogP contribution in [0.25, 0.3) is 20.4 Å². The van der Waals surface area contributed by atoms with Gasteiger partial charge in [0.2, 0.25) is 0 Å². The minimum absolute atomic E-state index is 0.0919. The van der Waals surface area contributed by atoms with Crippen LogP contribution in [0.5, 0.6) is 0 Å². The summed E-state index contributed by atoms with van der Waals surface area (Å²) in [7, 11) is 0. The second-order valence-corrected chi connectivity index (χ2v) is 9.71. The zero-order chi connectivity index (χ0) is 22.2. The summed E-state index contributed by atoms with van der Waals surface area (Å²) in [5.74, 6) is 0.407. The van der Waals surface area contributed by atoms with Gasteiger partial charge in [-0.3, -0.25) is 9.36 Å². The van der Waals surface area contributed by atoms with Crippen molar-refractivity contribution in [2.45, 2.75) is 31.3 Å². The Balaban J connectivity index is 1.63. The molecule has 0 aliphatic carbocycles. The molecule has 7 heteroatoms. The van der Waals surface area contributed by atoms with Crippen molar-refractivity contribution in [3.05, 3.63) is 99.2 Å². The zero-order valence-electron chi connectivity index (χ0n) is 17.6. The Bertz CT molecular complexity index is 1510. The van der Waals surface area contributed by atoms with Crippen LogP contribution < -0.4 is 5.56 Å². The molecule has 32 heavy (non-hydrogen) atoms. The lowest BCUT2D eigenvalue weighted by Crippen LogP contribution is -2.23. The molecule has 0 saturated heterocycles. The van der Waals surface area contributed by atoms with Crippen LogP contribution >= 0.6 is 23.1 Å². The van der Waals surface area contributed by atoms with E-state index in [4.69, 9.17) is 4.98 Å². The number of benzene rings is 2. The Morgan fingerprint density at radius 3 is 2.72 bits per heavy atom. The maximum absolute atomic E-state index is 13.5. The molecule has 0 fully saturated rings. The normalized spacial score (nSPS) is 11.5. The summed E-state index contributed by atoms with van der Waals surface area (Å²) in [6, 6.07) is 16.5. The summed E-state index contributed by atoms with van der Waals surface area (Å²) >= 11 is 2.92. The molecule has 160 valence electrons. The third-order valence-electron chi connectivity index (χ3n) is 5.43. The molecule has 0 aliphatic rings. The van der Waals surface area contributed by atoms with E-state index in [1.165, 1.54) is 40.2 Å². The molecule has 0 radical (unpaired) electrons. The highest BCUT2D eigenvalue weighted by molar-refractivity contribution is 7.98. The fraction of sp³-hybridized carbons (Fsp3) is 0.160. The van der Waals surface area contributed by atoms with Crippen molar-refractivity contribution in [2.75, 3.05) is 0 Å². The first-order valence-electron chi connectivity index (χ1n) is 10.2.